The van der Waals surface area contributed by atoms with Gasteiger partial charge in [-0.25, -0.2) is 15.0 Å². The van der Waals surface area contributed by atoms with Crippen molar-refractivity contribution in [1.82, 2.24) is 15.0 Å². The van der Waals surface area contributed by atoms with E-state index in [0.29, 0.717) is 17.5 Å². The number of fused-ring (bicyclic) bond motifs is 6. The highest BCUT2D eigenvalue weighted by molar-refractivity contribution is 7.26. The Morgan fingerprint density at radius 1 is 0.268 bits per heavy atom. The molecule has 0 radical (unpaired) electrons. The Hall–Kier alpha value is -6.79. The fraction of sp³-hybridized carbons (Fsp3) is 0. The molecule has 0 amide bonds. The average molecular weight is 750 g/mol. The zero-order valence-corrected chi connectivity index (χ0v) is 31.7. The van der Waals surface area contributed by atoms with Gasteiger partial charge in [0.15, 0.2) is 17.5 Å². The fourth-order valence-electron chi connectivity index (χ4n) is 7.79. The first-order valence-electron chi connectivity index (χ1n) is 18.7. The minimum Gasteiger partial charge on any atom is -0.208 e. The molecule has 0 fully saturated rings. The van der Waals surface area contributed by atoms with Crippen LogP contribution in [0.2, 0.25) is 0 Å². The highest BCUT2D eigenvalue weighted by Crippen LogP contribution is 2.45. The Kier molecular flexibility index (Phi) is 7.87. The van der Waals surface area contributed by atoms with Gasteiger partial charge in [0.2, 0.25) is 0 Å². The highest BCUT2D eigenvalue weighted by Gasteiger charge is 2.18. The summed E-state index contributed by atoms with van der Waals surface area (Å²) in [7, 11) is 0. The monoisotopic (exact) mass is 749 g/mol. The maximum absolute atomic E-state index is 5.19. The normalized spacial score (nSPS) is 11.6. The molecule has 0 atom stereocenters. The third-order valence-corrected chi connectivity index (χ3v) is 13.0. The first kappa shape index (κ1) is 32.6. The Labute approximate surface area is 331 Å². The standard InChI is InChI=1S/C51H31N3S2/c1-4-14-32(15-5-1)35-20-12-21-37(28-35)50-52-49(34-18-8-3-9-19-34)53-51(54-50)42-24-13-23-41-40-27-26-36(31-46(40)56-47(41)42)38-29-43(33-16-6-2-7-17-33)48-44(30-38)39-22-10-11-25-45(39)55-48/h1-31H. The van der Waals surface area contributed by atoms with Crippen molar-refractivity contribution in [3.63, 3.8) is 0 Å². The van der Waals surface area contributed by atoms with Gasteiger partial charge in [-0.1, -0.05) is 152 Å². The van der Waals surface area contributed by atoms with Gasteiger partial charge in [-0.3, -0.25) is 0 Å². The summed E-state index contributed by atoms with van der Waals surface area (Å²) < 4.78 is 5.03. The van der Waals surface area contributed by atoms with E-state index < -0.39 is 0 Å². The molecular weight excluding hydrogens is 719 g/mol. The molecule has 0 unspecified atom stereocenters. The maximum atomic E-state index is 5.19. The van der Waals surface area contributed by atoms with E-state index >= 15 is 0 Å². The third-order valence-electron chi connectivity index (χ3n) is 10.5. The van der Waals surface area contributed by atoms with Crippen molar-refractivity contribution < 1.29 is 0 Å². The van der Waals surface area contributed by atoms with Gasteiger partial charge in [0.1, 0.15) is 0 Å². The predicted molar refractivity (Wildman–Crippen MR) is 238 cm³/mol. The zero-order chi connectivity index (χ0) is 37.0. The fourth-order valence-corrected chi connectivity index (χ4v) is 10.3. The van der Waals surface area contributed by atoms with Gasteiger partial charge in [-0.15, -0.1) is 22.7 Å². The van der Waals surface area contributed by atoms with Crippen LogP contribution in [0.25, 0.3) is 108 Å². The predicted octanol–water partition coefficient (Wildman–Crippen LogP) is 14.6. The third kappa shape index (κ3) is 5.68. The van der Waals surface area contributed by atoms with Gasteiger partial charge in [-0.05, 0) is 64.2 Å². The Morgan fingerprint density at radius 2 is 0.821 bits per heavy atom. The molecule has 262 valence electrons. The molecular formula is C51H31N3S2. The van der Waals surface area contributed by atoms with E-state index in [-0.39, 0.29) is 0 Å². The minimum absolute atomic E-state index is 0.651. The molecule has 0 N–H and O–H groups in total. The minimum atomic E-state index is 0.651. The molecule has 11 aromatic rings. The van der Waals surface area contributed by atoms with Crippen molar-refractivity contribution >= 4 is 63.0 Å². The van der Waals surface area contributed by atoms with E-state index in [1.165, 1.54) is 57.9 Å². The van der Waals surface area contributed by atoms with E-state index in [9.17, 15) is 0 Å². The molecule has 0 aliphatic heterocycles. The van der Waals surface area contributed by atoms with Crippen LogP contribution < -0.4 is 0 Å². The summed E-state index contributed by atoms with van der Waals surface area (Å²) in [4.78, 5) is 15.4. The summed E-state index contributed by atoms with van der Waals surface area (Å²) >= 11 is 3.68. The Balaban J connectivity index is 1.07. The van der Waals surface area contributed by atoms with E-state index in [4.69, 9.17) is 15.0 Å². The number of rotatable bonds is 6. The van der Waals surface area contributed by atoms with Gasteiger partial charge in [0.05, 0.1) is 0 Å². The number of nitrogens with zero attached hydrogens (tertiary/aromatic N) is 3. The van der Waals surface area contributed by atoms with Crippen LogP contribution in [0.4, 0.5) is 0 Å². The van der Waals surface area contributed by atoms with Crippen LogP contribution >= 0.6 is 22.7 Å². The van der Waals surface area contributed by atoms with E-state index in [0.717, 1.165) is 32.5 Å². The number of hydrogen-bond donors (Lipinski definition) is 0. The lowest BCUT2D eigenvalue weighted by Gasteiger charge is -2.10. The Bertz CT molecular complexity index is 3240. The van der Waals surface area contributed by atoms with Crippen LogP contribution in [0.1, 0.15) is 0 Å². The molecule has 3 aromatic heterocycles. The van der Waals surface area contributed by atoms with Crippen molar-refractivity contribution in [3.8, 4) is 67.5 Å². The van der Waals surface area contributed by atoms with Crippen molar-refractivity contribution in [2.75, 3.05) is 0 Å². The molecule has 5 heteroatoms. The number of aromatic nitrogens is 3. The van der Waals surface area contributed by atoms with Gasteiger partial charge in [-0.2, -0.15) is 0 Å². The maximum Gasteiger partial charge on any atom is 0.165 e. The molecule has 56 heavy (non-hydrogen) atoms. The second-order valence-electron chi connectivity index (χ2n) is 14.0. The lowest BCUT2D eigenvalue weighted by atomic mass is 9.95. The van der Waals surface area contributed by atoms with Crippen molar-refractivity contribution in [3.05, 3.63) is 188 Å². The second-order valence-corrected chi connectivity index (χ2v) is 16.1. The van der Waals surface area contributed by atoms with E-state index in [1.807, 2.05) is 35.6 Å². The average Bonchev–Trinajstić information content (AvgIpc) is 3.85. The quantitative estimate of drug-likeness (QED) is 0.170. The molecule has 0 bridgehead atoms. The SMILES string of the molecule is c1ccc(-c2cccc(-c3nc(-c4ccccc4)nc(-c4cccc5c4sc4cc(-c6cc(-c7ccccc7)c7sc8ccccc8c7c6)ccc45)n3)c2)cc1. The molecule has 3 heterocycles. The molecule has 8 aromatic carbocycles. The first-order valence-corrected chi connectivity index (χ1v) is 20.3. The molecule has 0 aliphatic rings. The number of hydrogen-bond acceptors (Lipinski definition) is 5. The van der Waals surface area contributed by atoms with Gasteiger partial charge in [0.25, 0.3) is 0 Å². The van der Waals surface area contributed by atoms with Crippen LogP contribution in [0.3, 0.4) is 0 Å². The van der Waals surface area contributed by atoms with Crippen LogP contribution in [0.15, 0.2) is 188 Å². The molecule has 3 nitrogen and oxygen atoms in total. The van der Waals surface area contributed by atoms with Crippen LogP contribution in [0.5, 0.6) is 0 Å². The van der Waals surface area contributed by atoms with Crippen LogP contribution in [-0.4, -0.2) is 15.0 Å². The lowest BCUT2D eigenvalue weighted by Crippen LogP contribution is -2.00. The lowest BCUT2D eigenvalue weighted by molar-refractivity contribution is 1.08. The largest absolute Gasteiger partial charge is 0.208 e. The first-order chi connectivity index (χ1) is 27.7. The summed E-state index contributed by atoms with van der Waals surface area (Å²) in [5.74, 6) is 1.97. The highest BCUT2D eigenvalue weighted by atomic mass is 32.1. The summed E-state index contributed by atoms with van der Waals surface area (Å²) in [6.45, 7) is 0. The summed E-state index contributed by atoms with van der Waals surface area (Å²) in [5.41, 5.74) is 10.1. The topological polar surface area (TPSA) is 38.7 Å². The van der Waals surface area contributed by atoms with Crippen LogP contribution in [-0.2, 0) is 0 Å². The van der Waals surface area contributed by atoms with Crippen molar-refractivity contribution in [2.24, 2.45) is 0 Å². The van der Waals surface area contributed by atoms with Crippen molar-refractivity contribution in [2.45, 2.75) is 0 Å². The van der Waals surface area contributed by atoms with Gasteiger partial charge >= 0.3 is 0 Å². The molecule has 11 rings (SSSR count). The van der Waals surface area contributed by atoms with Crippen LogP contribution in [0, 0.1) is 0 Å². The number of benzene rings is 8. The molecule has 0 spiro atoms. The summed E-state index contributed by atoms with van der Waals surface area (Å²) in [5, 5.41) is 5.04. The van der Waals surface area contributed by atoms with E-state index in [1.54, 1.807) is 11.3 Å². The zero-order valence-electron chi connectivity index (χ0n) is 30.1. The van der Waals surface area contributed by atoms with E-state index in [2.05, 4.69) is 164 Å². The Morgan fingerprint density at radius 3 is 1.62 bits per heavy atom. The molecule has 0 saturated carbocycles. The smallest absolute Gasteiger partial charge is 0.165 e. The summed E-state index contributed by atoms with van der Waals surface area (Å²) in [6.07, 6.45) is 0. The van der Waals surface area contributed by atoms with Gasteiger partial charge < -0.3 is 0 Å². The molecule has 0 saturated heterocycles. The summed E-state index contributed by atoms with van der Waals surface area (Å²) in [6, 6.07) is 66.8. The molecule has 0 aliphatic carbocycles. The number of thiophene rings is 2. The second kappa shape index (κ2) is 13.5. The van der Waals surface area contributed by atoms with Crippen molar-refractivity contribution in [1.29, 1.82) is 0 Å². The van der Waals surface area contributed by atoms with Gasteiger partial charge in [0, 0.05) is 62.6 Å².